The van der Waals surface area contributed by atoms with Gasteiger partial charge in [-0.15, -0.1) is 0 Å². The number of hydrogen-bond acceptors (Lipinski definition) is 2. The SMILES string of the molecule is N#Cc1cccc(C(N=C(c2ccccc2)c2ccccc2)c2ccccc2)c1. The van der Waals surface area contributed by atoms with Crippen molar-refractivity contribution in [3.8, 4) is 6.07 Å². The summed E-state index contributed by atoms with van der Waals surface area (Å²) in [6, 6.07) is 40.4. The smallest absolute Gasteiger partial charge is 0.101 e. The van der Waals surface area contributed by atoms with Crippen LogP contribution in [0.2, 0.25) is 0 Å². The first-order chi connectivity index (χ1) is 14.3. The predicted octanol–water partition coefficient (Wildman–Crippen LogP) is 6.19. The van der Waals surface area contributed by atoms with Crippen molar-refractivity contribution in [2.45, 2.75) is 6.04 Å². The van der Waals surface area contributed by atoms with Crippen LogP contribution in [0.1, 0.15) is 33.9 Å². The fraction of sp³-hybridized carbons (Fsp3) is 0.0370. The Kier molecular flexibility index (Phi) is 5.60. The molecule has 0 bridgehead atoms. The van der Waals surface area contributed by atoms with E-state index in [1.165, 1.54) is 0 Å². The molecular formula is C27H20N2. The van der Waals surface area contributed by atoms with E-state index in [1.54, 1.807) is 0 Å². The molecule has 0 saturated carbocycles. The van der Waals surface area contributed by atoms with Gasteiger partial charge in [0.1, 0.15) is 6.04 Å². The van der Waals surface area contributed by atoms with Gasteiger partial charge in [0.05, 0.1) is 17.3 Å². The highest BCUT2D eigenvalue weighted by Crippen LogP contribution is 2.28. The molecule has 1 atom stereocenters. The topological polar surface area (TPSA) is 36.1 Å². The van der Waals surface area contributed by atoms with Crippen LogP contribution in [0, 0.1) is 11.3 Å². The standard InChI is InChI=1S/C27H20N2/c28-20-21-11-10-18-25(19-21)27(24-16-8-3-9-17-24)29-26(22-12-4-1-5-13-22)23-14-6-2-7-15-23/h1-19,27H. The normalized spacial score (nSPS) is 11.3. The molecule has 0 spiro atoms. The summed E-state index contributed by atoms with van der Waals surface area (Å²) in [5.74, 6) is 0. The molecule has 29 heavy (non-hydrogen) atoms. The fourth-order valence-corrected chi connectivity index (χ4v) is 3.39. The van der Waals surface area contributed by atoms with E-state index in [0.29, 0.717) is 5.56 Å². The number of rotatable bonds is 5. The molecule has 2 nitrogen and oxygen atoms in total. The average molecular weight is 372 g/mol. The van der Waals surface area contributed by atoms with Crippen molar-refractivity contribution in [1.29, 1.82) is 5.26 Å². The van der Waals surface area contributed by atoms with Crippen LogP contribution >= 0.6 is 0 Å². The van der Waals surface area contributed by atoms with Gasteiger partial charge in [0.25, 0.3) is 0 Å². The molecule has 0 aliphatic heterocycles. The Bertz CT molecular complexity index is 1100. The lowest BCUT2D eigenvalue weighted by Crippen LogP contribution is -2.08. The first kappa shape index (κ1) is 18.4. The maximum absolute atomic E-state index is 9.37. The van der Waals surface area contributed by atoms with Crippen molar-refractivity contribution in [3.63, 3.8) is 0 Å². The minimum absolute atomic E-state index is 0.208. The molecule has 138 valence electrons. The highest BCUT2D eigenvalue weighted by atomic mass is 14.8. The Morgan fingerprint density at radius 2 is 1.14 bits per heavy atom. The minimum atomic E-state index is -0.208. The van der Waals surface area contributed by atoms with Gasteiger partial charge < -0.3 is 0 Å². The zero-order valence-corrected chi connectivity index (χ0v) is 15.9. The predicted molar refractivity (Wildman–Crippen MR) is 118 cm³/mol. The Labute approximate surface area is 171 Å². The van der Waals surface area contributed by atoms with Crippen LogP contribution in [0.15, 0.2) is 120 Å². The van der Waals surface area contributed by atoms with E-state index in [2.05, 4.69) is 42.5 Å². The van der Waals surface area contributed by atoms with Crippen LogP contribution in [0.3, 0.4) is 0 Å². The summed E-state index contributed by atoms with van der Waals surface area (Å²) in [5, 5.41) is 9.37. The third-order valence-electron chi connectivity index (χ3n) is 4.80. The maximum Gasteiger partial charge on any atom is 0.101 e. The minimum Gasteiger partial charge on any atom is -0.271 e. The molecule has 0 fully saturated rings. The molecule has 0 amide bonds. The molecular weight excluding hydrogens is 352 g/mol. The van der Waals surface area contributed by atoms with E-state index in [9.17, 15) is 5.26 Å². The second-order valence-electron chi connectivity index (χ2n) is 6.76. The summed E-state index contributed by atoms with van der Waals surface area (Å²) in [7, 11) is 0. The van der Waals surface area contributed by atoms with Crippen molar-refractivity contribution in [3.05, 3.63) is 143 Å². The third kappa shape index (κ3) is 4.31. The first-order valence-electron chi connectivity index (χ1n) is 9.59. The molecule has 2 heteroatoms. The molecule has 0 radical (unpaired) electrons. The quantitative estimate of drug-likeness (QED) is 0.385. The van der Waals surface area contributed by atoms with Crippen molar-refractivity contribution in [2.75, 3.05) is 0 Å². The van der Waals surface area contributed by atoms with Crippen LogP contribution in [0.4, 0.5) is 0 Å². The molecule has 4 aromatic rings. The second-order valence-corrected chi connectivity index (χ2v) is 6.76. The summed E-state index contributed by atoms with van der Waals surface area (Å²) < 4.78 is 0. The fourth-order valence-electron chi connectivity index (χ4n) is 3.39. The van der Waals surface area contributed by atoms with Crippen molar-refractivity contribution < 1.29 is 0 Å². The maximum atomic E-state index is 9.37. The third-order valence-corrected chi connectivity index (χ3v) is 4.80. The number of benzene rings is 4. The molecule has 0 heterocycles. The average Bonchev–Trinajstić information content (AvgIpc) is 2.81. The Morgan fingerprint density at radius 1 is 0.621 bits per heavy atom. The van der Waals surface area contributed by atoms with Gasteiger partial charge in [-0.05, 0) is 23.3 Å². The van der Waals surface area contributed by atoms with Gasteiger partial charge in [-0.3, -0.25) is 4.99 Å². The van der Waals surface area contributed by atoms with Crippen LogP contribution in [0.25, 0.3) is 0 Å². The van der Waals surface area contributed by atoms with Gasteiger partial charge in [0.2, 0.25) is 0 Å². The van der Waals surface area contributed by atoms with Crippen molar-refractivity contribution >= 4 is 5.71 Å². The number of aliphatic imine (C=N–C) groups is 1. The number of hydrogen-bond donors (Lipinski definition) is 0. The molecule has 4 rings (SSSR count). The number of nitriles is 1. The summed E-state index contributed by atoms with van der Waals surface area (Å²) in [4.78, 5) is 5.24. The summed E-state index contributed by atoms with van der Waals surface area (Å²) in [6.07, 6.45) is 0. The Morgan fingerprint density at radius 3 is 1.69 bits per heavy atom. The van der Waals surface area contributed by atoms with Crippen molar-refractivity contribution in [1.82, 2.24) is 0 Å². The van der Waals surface area contributed by atoms with Gasteiger partial charge in [0.15, 0.2) is 0 Å². The lowest BCUT2D eigenvalue weighted by Gasteiger charge is -2.17. The molecule has 0 aliphatic rings. The zero-order valence-electron chi connectivity index (χ0n) is 15.9. The monoisotopic (exact) mass is 372 g/mol. The lowest BCUT2D eigenvalue weighted by atomic mass is 9.96. The van der Waals surface area contributed by atoms with E-state index in [0.717, 1.165) is 28.0 Å². The molecule has 0 aliphatic carbocycles. The summed E-state index contributed by atoms with van der Waals surface area (Å²) >= 11 is 0. The number of nitrogens with zero attached hydrogens (tertiary/aromatic N) is 2. The van der Waals surface area contributed by atoms with Crippen LogP contribution in [-0.4, -0.2) is 5.71 Å². The Balaban J connectivity index is 1.92. The lowest BCUT2D eigenvalue weighted by molar-refractivity contribution is 0.872. The van der Waals surface area contributed by atoms with Gasteiger partial charge in [-0.25, -0.2) is 0 Å². The highest BCUT2D eigenvalue weighted by molar-refractivity contribution is 6.13. The zero-order chi connectivity index (χ0) is 19.9. The first-order valence-corrected chi connectivity index (χ1v) is 9.59. The molecule has 4 aromatic carbocycles. The van der Waals surface area contributed by atoms with Crippen molar-refractivity contribution in [2.24, 2.45) is 4.99 Å². The van der Waals surface area contributed by atoms with E-state index in [4.69, 9.17) is 4.99 Å². The van der Waals surface area contributed by atoms with Gasteiger partial charge in [-0.2, -0.15) is 5.26 Å². The van der Waals surface area contributed by atoms with Gasteiger partial charge in [-0.1, -0.05) is 103 Å². The summed E-state index contributed by atoms with van der Waals surface area (Å²) in [6.45, 7) is 0. The Hall–Kier alpha value is -3.96. The largest absolute Gasteiger partial charge is 0.271 e. The van der Waals surface area contributed by atoms with E-state index in [1.807, 2.05) is 78.9 Å². The van der Waals surface area contributed by atoms with Gasteiger partial charge in [0, 0.05) is 11.1 Å². The molecule has 0 saturated heterocycles. The van der Waals surface area contributed by atoms with Crippen LogP contribution in [-0.2, 0) is 0 Å². The van der Waals surface area contributed by atoms with Crippen LogP contribution in [0.5, 0.6) is 0 Å². The van der Waals surface area contributed by atoms with E-state index >= 15 is 0 Å². The molecule has 1 unspecified atom stereocenters. The molecule has 0 N–H and O–H groups in total. The summed E-state index contributed by atoms with van der Waals surface area (Å²) in [5.41, 5.74) is 5.79. The van der Waals surface area contributed by atoms with E-state index < -0.39 is 0 Å². The highest BCUT2D eigenvalue weighted by Gasteiger charge is 2.16. The van der Waals surface area contributed by atoms with Crippen LogP contribution < -0.4 is 0 Å². The van der Waals surface area contributed by atoms with Gasteiger partial charge >= 0.3 is 0 Å². The molecule has 0 aromatic heterocycles. The second kappa shape index (κ2) is 8.82. The van der Waals surface area contributed by atoms with E-state index in [-0.39, 0.29) is 6.04 Å².